The smallest absolute Gasteiger partial charge is 0.274 e. The second-order valence-electron chi connectivity index (χ2n) is 6.58. The van der Waals surface area contributed by atoms with Crippen molar-refractivity contribution in [3.63, 3.8) is 0 Å². The van der Waals surface area contributed by atoms with Crippen LogP contribution >= 0.6 is 11.3 Å². The van der Waals surface area contributed by atoms with Crippen LogP contribution in [-0.2, 0) is 6.42 Å². The van der Waals surface area contributed by atoms with Crippen LogP contribution in [0.5, 0.6) is 11.5 Å². The molecule has 0 unspecified atom stereocenters. The molecule has 1 aromatic carbocycles. The van der Waals surface area contributed by atoms with E-state index in [0.29, 0.717) is 41.7 Å². The van der Waals surface area contributed by atoms with E-state index in [1.54, 1.807) is 40.1 Å². The van der Waals surface area contributed by atoms with Crippen molar-refractivity contribution in [2.75, 3.05) is 18.5 Å². The fourth-order valence-corrected chi connectivity index (χ4v) is 3.95. The van der Waals surface area contributed by atoms with E-state index in [-0.39, 0.29) is 5.91 Å². The minimum atomic E-state index is -0.280. The summed E-state index contributed by atoms with van der Waals surface area (Å²) in [6.45, 7) is 3.06. The molecule has 3 aromatic heterocycles. The first-order valence-electron chi connectivity index (χ1n) is 9.36. The maximum absolute atomic E-state index is 12.9. The number of aromatic nitrogens is 3. The van der Waals surface area contributed by atoms with E-state index < -0.39 is 0 Å². The maximum Gasteiger partial charge on any atom is 0.274 e. The van der Waals surface area contributed by atoms with Gasteiger partial charge < -0.3 is 14.8 Å². The third-order valence-corrected chi connectivity index (χ3v) is 5.56. The molecule has 1 amide bonds. The molecule has 0 radical (unpaired) electrons. The highest BCUT2D eigenvalue weighted by Gasteiger charge is 2.17. The summed E-state index contributed by atoms with van der Waals surface area (Å²) in [5.41, 5.74) is 3.41. The van der Waals surface area contributed by atoms with E-state index in [1.165, 1.54) is 0 Å². The van der Waals surface area contributed by atoms with Crippen molar-refractivity contribution in [3.05, 3.63) is 59.2 Å². The second kappa shape index (κ2) is 7.21. The van der Waals surface area contributed by atoms with Gasteiger partial charge in [-0.3, -0.25) is 4.79 Å². The fourth-order valence-electron chi connectivity index (χ4n) is 3.27. The summed E-state index contributed by atoms with van der Waals surface area (Å²) in [6, 6.07) is 13.1. The lowest BCUT2D eigenvalue weighted by molar-refractivity contribution is 0.102. The zero-order valence-electron chi connectivity index (χ0n) is 15.7. The standard InChI is InChI=1S/C21H18N4O3S/c1-2-14-11-16(23-20-12-15(24-25(14)20)19-4-3-9-29-19)21(26)22-13-5-6-17-18(10-13)28-8-7-27-17/h3-6,9-12H,2,7-8H2,1H3,(H,22,26). The third kappa shape index (κ3) is 3.31. The first-order chi connectivity index (χ1) is 14.2. The summed E-state index contributed by atoms with van der Waals surface area (Å²) in [7, 11) is 0. The highest BCUT2D eigenvalue weighted by molar-refractivity contribution is 7.13. The average molecular weight is 406 g/mol. The molecule has 1 aliphatic rings. The summed E-state index contributed by atoms with van der Waals surface area (Å²) in [5, 5.41) is 9.57. The lowest BCUT2D eigenvalue weighted by Gasteiger charge is -2.19. The number of anilines is 1. The molecular formula is C21H18N4O3S. The number of ether oxygens (including phenoxy) is 2. The molecule has 0 bridgehead atoms. The summed E-state index contributed by atoms with van der Waals surface area (Å²) in [4.78, 5) is 18.5. The quantitative estimate of drug-likeness (QED) is 0.553. The predicted molar refractivity (Wildman–Crippen MR) is 111 cm³/mol. The largest absolute Gasteiger partial charge is 0.486 e. The first-order valence-corrected chi connectivity index (χ1v) is 10.2. The number of carbonyl (C=O) groups is 1. The number of thiophene rings is 1. The second-order valence-corrected chi connectivity index (χ2v) is 7.52. The Hall–Kier alpha value is -3.39. The number of aryl methyl sites for hydroxylation is 1. The number of benzene rings is 1. The van der Waals surface area contributed by atoms with Crippen LogP contribution in [0.2, 0.25) is 0 Å². The number of fused-ring (bicyclic) bond motifs is 2. The van der Waals surface area contributed by atoms with Gasteiger partial charge in [0.15, 0.2) is 17.1 Å². The average Bonchev–Trinajstić information content (AvgIpc) is 3.42. The van der Waals surface area contributed by atoms with Crippen molar-refractivity contribution < 1.29 is 14.3 Å². The molecular weight excluding hydrogens is 388 g/mol. The summed E-state index contributed by atoms with van der Waals surface area (Å²) < 4.78 is 12.9. The Balaban J connectivity index is 1.47. The van der Waals surface area contributed by atoms with Gasteiger partial charge in [0.25, 0.3) is 5.91 Å². The third-order valence-electron chi connectivity index (χ3n) is 4.67. The molecule has 0 saturated heterocycles. The number of nitrogens with one attached hydrogen (secondary N) is 1. The van der Waals surface area contributed by atoms with Gasteiger partial charge in [-0.1, -0.05) is 13.0 Å². The van der Waals surface area contributed by atoms with Gasteiger partial charge in [0.05, 0.1) is 4.88 Å². The molecule has 4 aromatic rings. The summed E-state index contributed by atoms with van der Waals surface area (Å²) >= 11 is 1.62. The number of carbonyl (C=O) groups excluding carboxylic acids is 1. The van der Waals surface area contributed by atoms with Crippen LogP contribution in [0.3, 0.4) is 0 Å². The van der Waals surface area contributed by atoms with Gasteiger partial charge in [-0.05, 0) is 36.1 Å². The van der Waals surface area contributed by atoms with Gasteiger partial charge in [0, 0.05) is 23.5 Å². The van der Waals surface area contributed by atoms with Crippen molar-refractivity contribution in [3.8, 4) is 22.1 Å². The number of nitrogens with zero attached hydrogens (tertiary/aromatic N) is 3. The molecule has 1 N–H and O–H groups in total. The molecule has 0 saturated carbocycles. The Labute approximate surface area is 170 Å². The van der Waals surface area contributed by atoms with Crippen LogP contribution in [0.1, 0.15) is 23.1 Å². The molecule has 4 heterocycles. The van der Waals surface area contributed by atoms with Gasteiger partial charge in [0.2, 0.25) is 0 Å². The van der Waals surface area contributed by atoms with Crippen molar-refractivity contribution in [1.82, 2.24) is 14.6 Å². The highest BCUT2D eigenvalue weighted by Crippen LogP contribution is 2.32. The topological polar surface area (TPSA) is 77.8 Å². The number of rotatable bonds is 4. The van der Waals surface area contributed by atoms with Gasteiger partial charge in [-0.15, -0.1) is 11.3 Å². The van der Waals surface area contributed by atoms with E-state index in [0.717, 1.165) is 22.7 Å². The maximum atomic E-state index is 12.9. The van der Waals surface area contributed by atoms with Crippen LogP contribution in [0.25, 0.3) is 16.2 Å². The lowest BCUT2D eigenvalue weighted by atomic mass is 10.2. The number of hydrogen-bond donors (Lipinski definition) is 1. The van der Waals surface area contributed by atoms with Crippen molar-refractivity contribution in [1.29, 1.82) is 0 Å². The first kappa shape index (κ1) is 17.7. The highest BCUT2D eigenvalue weighted by atomic mass is 32.1. The van der Waals surface area contributed by atoms with Gasteiger partial charge in [0.1, 0.15) is 24.6 Å². The van der Waals surface area contributed by atoms with E-state index in [4.69, 9.17) is 9.47 Å². The zero-order chi connectivity index (χ0) is 19.8. The van der Waals surface area contributed by atoms with E-state index in [1.807, 2.05) is 30.5 Å². The normalized spacial score (nSPS) is 12.9. The minimum absolute atomic E-state index is 0.280. The van der Waals surface area contributed by atoms with Crippen LogP contribution in [-0.4, -0.2) is 33.7 Å². The summed E-state index contributed by atoms with van der Waals surface area (Å²) in [6.07, 6.45) is 0.731. The van der Waals surface area contributed by atoms with E-state index in [9.17, 15) is 4.79 Å². The molecule has 0 spiro atoms. The van der Waals surface area contributed by atoms with Crippen molar-refractivity contribution in [2.24, 2.45) is 0 Å². The van der Waals surface area contributed by atoms with Crippen molar-refractivity contribution >= 4 is 28.6 Å². The van der Waals surface area contributed by atoms with Crippen LogP contribution in [0.15, 0.2) is 47.8 Å². The molecule has 29 heavy (non-hydrogen) atoms. The SMILES string of the molecule is CCc1cc(C(=O)Nc2ccc3c(c2)OCCO3)nc2cc(-c3cccs3)nn12. The molecule has 5 rings (SSSR count). The Kier molecular flexibility index (Phi) is 4.40. The minimum Gasteiger partial charge on any atom is -0.486 e. The molecule has 0 aliphatic carbocycles. The van der Waals surface area contributed by atoms with Gasteiger partial charge in [-0.25, -0.2) is 9.50 Å². The van der Waals surface area contributed by atoms with Gasteiger partial charge >= 0.3 is 0 Å². The zero-order valence-corrected chi connectivity index (χ0v) is 16.5. The lowest BCUT2D eigenvalue weighted by Crippen LogP contribution is -2.17. The fraction of sp³-hybridized carbons (Fsp3) is 0.190. The van der Waals surface area contributed by atoms with Crippen LogP contribution < -0.4 is 14.8 Å². The van der Waals surface area contributed by atoms with Gasteiger partial charge in [-0.2, -0.15) is 5.10 Å². The van der Waals surface area contributed by atoms with E-state index >= 15 is 0 Å². The van der Waals surface area contributed by atoms with Crippen LogP contribution in [0.4, 0.5) is 5.69 Å². The molecule has 0 fully saturated rings. The van der Waals surface area contributed by atoms with E-state index in [2.05, 4.69) is 15.4 Å². The molecule has 1 aliphatic heterocycles. The molecule has 7 nitrogen and oxygen atoms in total. The monoisotopic (exact) mass is 406 g/mol. The predicted octanol–water partition coefficient (Wildman–Crippen LogP) is 4.04. The van der Waals surface area contributed by atoms with Crippen LogP contribution in [0, 0.1) is 0 Å². The Bertz CT molecular complexity index is 1200. The Morgan fingerprint density at radius 1 is 1.17 bits per heavy atom. The Morgan fingerprint density at radius 3 is 2.83 bits per heavy atom. The number of amides is 1. The molecule has 0 atom stereocenters. The summed E-state index contributed by atoms with van der Waals surface area (Å²) in [5.74, 6) is 1.03. The molecule has 146 valence electrons. The van der Waals surface area contributed by atoms with Crippen molar-refractivity contribution in [2.45, 2.75) is 13.3 Å². The Morgan fingerprint density at radius 2 is 2.03 bits per heavy atom. The molecule has 8 heteroatoms. The number of hydrogen-bond acceptors (Lipinski definition) is 6.